The van der Waals surface area contributed by atoms with Crippen LogP contribution in [0.5, 0.6) is 0 Å². The van der Waals surface area contributed by atoms with Crippen LogP contribution in [0.1, 0.15) is 18.1 Å². The van der Waals surface area contributed by atoms with Crippen LogP contribution in [0.3, 0.4) is 0 Å². The number of carbonyl (C=O) groups excluding carboxylic acids is 1. The zero-order chi connectivity index (χ0) is 22.6. The normalized spacial score (nSPS) is 12.2. The molecule has 0 saturated heterocycles. The number of hydrogen-bond acceptors (Lipinski definition) is 4. The molecule has 3 N–H and O–H groups in total. The van der Waals surface area contributed by atoms with E-state index in [0.29, 0.717) is 6.54 Å². The van der Waals surface area contributed by atoms with E-state index in [0.717, 1.165) is 53.4 Å². The van der Waals surface area contributed by atoms with Gasteiger partial charge in [0.1, 0.15) is 11.5 Å². The summed E-state index contributed by atoms with van der Waals surface area (Å²) in [4.78, 5) is 16.7. The number of nitrogens with zero attached hydrogens (tertiary/aromatic N) is 3. The molecule has 0 fully saturated rings. The molecule has 7 heteroatoms. The zero-order valence-electron chi connectivity index (χ0n) is 18.5. The van der Waals surface area contributed by atoms with Crippen molar-refractivity contribution in [3.05, 3.63) is 84.2 Å². The number of carbonyl (C=O) groups is 1. The molecule has 33 heavy (non-hydrogen) atoms. The fourth-order valence-corrected chi connectivity index (χ4v) is 4.11. The summed E-state index contributed by atoms with van der Waals surface area (Å²) < 4.78 is 1.96. The number of rotatable bonds is 6. The molecule has 1 aliphatic rings. The van der Waals surface area contributed by atoms with Crippen LogP contribution in [-0.4, -0.2) is 27.3 Å². The summed E-state index contributed by atoms with van der Waals surface area (Å²) in [6.45, 7) is 4.26. The van der Waals surface area contributed by atoms with Gasteiger partial charge in [-0.1, -0.05) is 42.5 Å². The number of pyridine rings is 1. The van der Waals surface area contributed by atoms with Crippen molar-refractivity contribution < 1.29 is 4.79 Å². The summed E-state index contributed by atoms with van der Waals surface area (Å²) in [6.07, 6.45) is 4.91. The molecule has 0 radical (unpaired) electrons. The van der Waals surface area contributed by atoms with Gasteiger partial charge in [0, 0.05) is 54.4 Å². The maximum absolute atomic E-state index is 12.3. The molecule has 0 bridgehead atoms. The van der Waals surface area contributed by atoms with Gasteiger partial charge in [0.05, 0.1) is 0 Å². The Balaban J connectivity index is 1.35. The molecule has 0 unspecified atom stereocenters. The number of benzene rings is 2. The lowest BCUT2D eigenvalue weighted by Crippen LogP contribution is -2.28. The third kappa shape index (κ3) is 4.43. The van der Waals surface area contributed by atoms with Gasteiger partial charge in [0.25, 0.3) is 0 Å². The molecule has 0 saturated carbocycles. The largest absolute Gasteiger partial charge is 0.369 e. The lowest BCUT2D eigenvalue weighted by Gasteiger charge is -2.10. The van der Waals surface area contributed by atoms with E-state index < -0.39 is 0 Å². The lowest BCUT2D eigenvalue weighted by molar-refractivity contribution is 0.251. The summed E-state index contributed by atoms with van der Waals surface area (Å²) in [5, 5.41) is 14.0. The van der Waals surface area contributed by atoms with Gasteiger partial charge in [-0.05, 0) is 42.7 Å². The van der Waals surface area contributed by atoms with E-state index in [1.807, 2.05) is 65.5 Å². The van der Waals surface area contributed by atoms with Crippen molar-refractivity contribution >= 4 is 17.5 Å². The SMILES string of the molecule is CCn1cc(-c2ccnc3c2CCN3)c(-c2ccc(NC(=O)NCc3ccccc3)cc2)n1. The molecule has 2 amide bonds. The number of anilines is 2. The Kier molecular flexibility index (Phi) is 5.76. The van der Waals surface area contributed by atoms with Gasteiger partial charge in [0.15, 0.2) is 0 Å². The molecule has 5 rings (SSSR count). The Bertz CT molecular complexity index is 1260. The van der Waals surface area contributed by atoms with Crippen molar-refractivity contribution in [1.82, 2.24) is 20.1 Å². The number of fused-ring (bicyclic) bond motifs is 1. The van der Waals surface area contributed by atoms with Gasteiger partial charge in [0.2, 0.25) is 0 Å². The van der Waals surface area contributed by atoms with Crippen LogP contribution in [0.2, 0.25) is 0 Å². The van der Waals surface area contributed by atoms with Crippen LogP contribution in [0.25, 0.3) is 22.4 Å². The van der Waals surface area contributed by atoms with Gasteiger partial charge in [-0.25, -0.2) is 9.78 Å². The van der Waals surface area contributed by atoms with Crippen molar-refractivity contribution in [3.63, 3.8) is 0 Å². The smallest absolute Gasteiger partial charge is 0.319 e. The highest BCUT2D eigenvalue weighted by Crippen LogP contribution is 2.37. The third-order valence-corrected chi connectivity index (χ3v) is 5.81. The summed E-state index contributed by atoms with van der Waals surface area (Å²) in [5.41, 5.74) is 7.22. The molecular formula is C26H26N6O. The summed E-state index contributed by atoms with van der Waals surface area (Å²) in [6, 6.07) is 19.5. The maximum atomic E-state index is 12.3. The minimum atomic E-state index is -0.234. The number of aryl methyl sites for hydroxylation is 1. The quantitative estimate of drug-likeness (QED) is 0.399. The number of amides is 2. The van der Waals surface area contributed by atoms with Crippen LogP contribution in [0.4, 0.5) is 16.3 Å². The van der Waals surface area contributed by atoms with Gasteiger partial charge in [-0.15, -0.1) is 0 Å². The van der Waals surface area contributed by atoms with Gasteiger partial charge < -0.3 is 16.0 Å². The second-order valence-corrected chi connectivity index (χ2v) is 7.98. The Morgan fingerprint density at radius 1 is 1.06 bits per heavy atom. The standard InChI is InChI=1S/C26H26N6O/c1-2-32-17-23(21-12-14-27-25-22(21)13-15-28-25)24(31-32)19-8-10-20(11-9-19)30-26(33)29-16-18-6-4-3-5-7-18/h3-12,14,17H,2,13,15-16H2,1H3,(H,27,28)(H2,29,30,33). The Hall–Kier alpha value is -4.13. The van der Waals surface area contributed by atoms with Crippen molar-refractivity contribution in [3.8, 4) is 22.4 Å². The molecule has 1 aliphatic heterocycles. The third-order valence-electron chi connectivity index (χ3n) is 5.81. The number of hydrogen-bond donors (Lipinski definition) is 3. The Morgan fingerprint density at radius 3 is 2.67 bits per heavy atom. The van der Waals surface area contributed by atoms with E-state index in [2.05, 4.69) is 40.1 Å². The Morgan fingerprint density at radius 2 is 1.88 bits per heavy atom. The van der Waals surface area contributed by atoms with Gasteiger partial charge >= 0.3 is 6.03 Å². The van der Waals surface area contributed by atoms with Gasteiger partial charge in [-0.2, -0.15) is 5.10 Å². The van der Waals surface area contributed by atoms with Crippen LogP contribution >= 0.6 is 0 Å². The first-order chi connectivity index (χ1) is 16.2. The van der Waals surface area contributed by atoms with Crippen molar-refractivity contribution in [2.24, 2.45) is 0 Å². The highest BCUT2D eigenvalue weighted by molar-refractivity contribution is 5.90. The topological polar surface area (TPSA) is 83.9 Å². The highest BCUT2D eigenvalue weighted by Gasteiger charge is 2.21. The van der Waals surface area contributed by atoms with E-state index in [1.54, 1.807) is 0 Å². The summed E-state index contributed by atoms with van der Waals surface area (Å²) in [7, 11) is 0. The summed E-state index contributed by atoms with van der Waals surface area (Å²) >= 11 is 0. The van der Waals surface area contributed by atoms with Gasteiger partial charge in [-0.3, -0.25) is 4.68 Å². The van der Waals surface area contributed by atoms with Crippen molar-refractivity contribution in [2.45, 2.75) is 26.4 Å². The van der Waals surface area contributed by atoms with Crippen molar-refractivity contribution in [2.75, 3.05) is 17.2 Å². The average Bonchev–Trinajstić information content (AvgIpc) is 3.51. The van der Waals surface area contributed by atoms with E-state index in [-0.39, 0.29) is 6.03 Å². The first-order valence-corrected chi connectivity index (χ1v) is 11.2. The molecule has 7 nitrogen and oxygen atoms in total. The molecule has 0 atom stereocenters. The van der Waals surface area contributed by atoms with Crippen LogP contribution in [0.15, 0.2) is 73.1 Å². The highest BCUT2D eigenvalue weighted by atomic mass is 16.2. The first-order valence-electron chi connectivity index (χ1n) is 11.2. The fourth-order valence-electron chi connectivity index (χ4n) is 4.11. The minimum absolute atomic E-state index is 0.234. The molecule has 3 heterocycles. The van der Waals surface area contributed by atoms with Crippen LogP contribution in [-0.2, 0) is 19.5 Å². The first kappa shape index (κ1) is 20.8. The van der Waals surface area contributed by atoms with E-state index in [4.69, 9.17) is 5.10 Å². The van der Waals surface area contributed by atoms with E-state index in [1.165, 1.54) is 11.1 Å². The second-order valence-electron chi connectivity index (χ2n) is 7.98. The fraction of sp³-hybridized carbons (Fsp3) is 0.192. The lowest BCUT2D eigenvalue weighted by atomic mass is 9.97. The van der Waals surface area contributed by atoms with Crippen LogP contribution in [0, 0.1) is 0 Å². The maximum Gasteiger partial charge on any atom is 0.319 e. The molecule has 0 spiro atoms. The molecule has 166 valence electrons. The minimum Gasteiger partial charge on any atom is -0.369 e. The number of nitrogens with one attached hydrogen (secondary N) is 3. The van der Waals surface area contributed by atoms with E-state index >= 15 is 0 Å². The molecular weight excluding hydrogens is 412 g/mol. The molecule has 0 aliphatic carbocycles. The predicted molar refractivity (Wildman–Crippen MR) is 131 cm³/mol. The number of urea groups is 1. The molecule has 4 aromatic rings. The van der Waals surface area contributed by atoms with Crippen molar-refractivity contribution in [1.29, 1.82) is 0 Å². The zero-order valence-corrected chi connectivity index (χ0v) is 18.5. The number of aromatic nitrogens is 3. The molecule has 2 aromatic carbocycles. The molecule has 2 aromatic heterocycles. The summed E-state index contributed by atoms with van der Waals surface area (Å²) in [5.74, 6) is 0.962. The van der Waals surface area contributed by atoms with Crippen LogP contribution < -0.4 is 16.0 Å². The second kappa shape index (κ2) is 9.16. The monoisotopic (exact) mass is 438 g/mol. The van der Waals surface area contributed by atoms with E-state index in [9.17, 15) is 4.79 Å². The average molecular weight is 439 g/mol. The Labute approximate surface area is 192 Å². The predicted octanol–water partition coefficient (Wildman–Crippen LogP) is 4.92.